The lowest BCUT2D eigenvalue weighted by Crippen LogP contribution is -2.18. The van der Waals surface area contributed by atoms with Crippen LogP contribution in [0.15, 0.2) is 94.5 Å². The molecule has 2 heterocycles. The van der Waals surface area contributed by atoms with Crippen LogP contribution in [-0.4, -0.2) is 32.8 Å². The van der Waals surface area contributed by atoms with Crippen molar-refractivity contribution in [3.8, 4) is 45.3 Å². The molecule has 0 atom stereocenters. The van der Waals surface area contributed by atoms with E-state index in [9.17, 15) is 9.59 Å². The van der Waals surface area contributed by atoms with Crippen molar-refractivity contribution in [1.29, 1.82) is 0 Å². The van der Waals surface area contributed by atoms with Gasteiger partial charge in [0.2, 0.25) is 0 Å². The number of rotatable bonds is 6. The molecule has 0 bridgehead atoms. The van der Waals surface area contributed by atoms with Crippen LogP contribution in [0.1, 0.15) is 26.3 Å². The predicted octanol–water partition coefficient (Wildman–Crippen LogP) is 8.22. The Balaban J connectivity index is 1.60. The average molecular weight is 626 g/mol. The summed E-state index contributed by atoms with van der Waals surface area (Å²) in [4.78, 5) is 28.9. The zero-order valence-electron chi connectivity index (χ0n) is 27.5. The molecule has 7 nitrogen and oxygen atoms in total. The fourth-order valence-electron chi connectivity index (χ4n) is 6.55. The van der Waals surface area contributed by atoms with Crippen molar-refractivity contribution >= 4 is 38.1 Å². The van der Waals surface area contributed by atoms with Gasteiger partial charge in [-0.3, -0.25) is 9.59 Å². The summed E-state index contributed by atoms with van der Waals surface area (Å²) in [6, 6.07) is 26.9. The third-order valence-corrected chi connectivity index (χ3v) is 9.09. The standard InChI is InChI=1S/C40H35NO6/c1-40(2,3)24-18-31-37-32(19-24)39(43)30-17-23(28-13-11-26(45-5)21-36(28)47-7)9-15-34(30)41(37)33-14-8-22(16-29(33)38(31)42)27-12-10-25(44-4)20-35(27)46-6/h8-21H,1-7H3. The van der Waals surface area contributed by atoms with Crippen LogP contribution in [-0.2, 0) is 5.41 Å². The minimum Gasteiger partial charge on any atom is -0.497 e. The molecule has 7 heteroatoms. The molecule has 0 unspecified atom stereocenters. The van der Waals surface area contributed by atoms with Crippen LogP contribution < -0.4 is 29.8 Å². The first kappa shape index (κ1) is 30.1. The molecule has 7 aromatic rings. The topological polar surface area (TPSA) is 75.5 Å². The molecule has 47 heavy (non-hydrogen) atoms. The van der Waals surface area contributed by atoms with Crippen LogP contribution in [0.4, 0.5) is 0 Å². The SMILES string of the molecule is COc1ccc(-c2ccc3c(c2)c(=O)c2cc(C(C)(C)C)cc4c(=O)c5cc(-c6ccc(OC)cc6OC)ccc5n3c24)c(OC)c1. The monoisotopic (exact) mass is 625 g/mol. The van der Waals surface area contributed by atoms with Crippen LogP contribution in [0, 0.1) is 0 Å². The molecule has 0 radical (unpaired) electrons. The number of methoxy groups -OCH3 is 4. The summed E-state index contributed by atoms with van der Waals surface area (Å²) in [5, 5.41) is 2.12. The summed E-state index contributed by atoms with van der Waals surface area (Å²) >= 11 is 0. The van der Waals surface area contributed by atoms with E-state index in [2.05, 4.69) is 25.2 Å². The third kappa shape index (κ3) is 4.73. The summed E-state index contributed by atoms with van der Waals surface area (Å²) in [5.74, 6) is 2.63. The predicted molar refractivity (Wildman–Crippen MR) is 189 cm³/mol. The lowest BCUT2D eigenvalue weighted by atomic mass is 9.84. The molecular formula is C40H35NO6. The maximum absolute atomic E-state index is 14.4. The van der Waals surface area contributed by atoms with Crippen LogP contribution in [0.25, 0.3) is 60.3 Å². The van der Waals surface area contributed by atoms with E-state index >= 15 is 0 Å². The molecule has 0 aliphatic heterocycles. The van der Waals surface area contributed by atoms with E-state index in [1.165, 1.54) is 0 Å². The highest BCUT2D eigenvalue weighted by Crippen LogP contribution is 2.38. The molecule has 0 saturated carbocycles. The van der Waals surface area contributed by atoms with Crippen molar-refractivity contribution in [3.63, 3.8) is 0 Å². The van der Waals surface area contributed by atoms with Gasteiger partial charge < -0.3 is 23.3 Å². The fourth-order valence-corrected chi connectivity index (χ4v) is 6.55. The molecule has 2 aromatic heterocycles. The van der Waals surface area contributed by atoms with Gasteiger partial charge in [0.15, 0.2) is 10.9 Å². The summed E-state index contributed by atoms with van der Waals surface area (Å²) in [7, 11) is 6.46. The largest absolute Gasteiger partial charge is 0.497 e. The number of pyridine rings is 2. The highest BCUT2D eigenvalue weighted by atomic mass is 16.5. The van der Waals surface area contributed by atoms with Gasteiger partial charge in [0, 0.05) is 44.8 Å². The van der Waals surface area contributed by atoms with E-state index in [4.69, 9.17) is 18.9 Å². The van der Waals surface area contributed by atoms with Gasteiger partial charge in [-0.2, -0.15) is 0 Å². The fraction of sp³-hybridized carbons (Fsp3) is 0.200. The maximum atomic E-state index is 14.4. The Bertz CT molecular complexity index is 2330. The lowest BCUT2D eigenvalue weighted by molar-refractivity contribution is 0.395. The Morgan fingerprint density at radius 1 is 0.511 bits per heavy atom. The number of fused-ring (bicyclic) bond motifs is 4. The minimum absolute atomic E-state index is 0.122. The normalized spacial score (nSPS) is 11.9. The van der Waals surface area contributed by atoms with Gasteiger partial charge >= 0.3 is 0 Å². The van der Waals surface area contributed by atoms with E-state index < -0.39 is 0 Å². The second kappa shape index (κ2) is 11.1. The van der Waals surface area contributed by atoms with Gasteiger partial charge in [-0.15, -0.1) is 0 Å². The second-order valence-corrected chi connectivity index (χ2v) is 12.8. The Hall–Kier alpha value is -5.56. The lowest BCUT2D eigenvalue weighted by Gasteiger charge is -2.22. The molecule has 236 valence electrons. The summed E-state index contributed by atoms with van der Waals surface area (Å²) in [6.07, 6.45) is 0. The first-order chi connectivity index (χ1) is 22.6. The molecule has 7 rings (SSSR count). The summed E-state index contributed by atoms with van der Waals surface area (Å²) in [6.45, 7) is 6.26. The Morgan fingerprint density at radius 3 is 1.34 bits per heavy atom. The van der Waals surface area contributed by atoms with E-state index in [1.807, 2.05) is 84.9 Å². The zero-order chi connectivity index (χ0) is 33.2. The highest BCUT2D eigenvalue weighted by Gasteiger charge is 2.23. The molecule has 0 N–H and O–H groups in total. The number of hydrogen-bond acceptors (Lipinski definition) is 6. The number of benzene rings is 5. The number of aromatic nitrogens is 1. The molecule has 0 spiro atoms. The average Bonchev–Trinajstić information content (AvgIpc) is 3.09. The van der Waals surface area contributed by atoms with Crippen molar-refractivity contribution in [1.82, 2.24) is 4.40 Å². The first-order valence-electron chi connectivity index (χ1n) is 15.4. The maximum Gasteiger partial charge on any atom is 0.197 e. The molecule has 0 amide bonds. The van der Waals surface area contributed by atoms with E-state index in [0.29, 0.717) is 61.1 Å². The molecule has 0 aliphatic rings. The Labute approximate surface area is 271 Å². The molecule has 0 fully saturated rings. The van der Waals surface area contributed by atoms with Gasteiger partial charge in [0.25, 0.3) is 0 Å². The first-order valence-corrected chi connectivity index (χ1v) is 15.4. The van der Waals surface area contributed by atoms with Crippen molar-refractivity contribution in [2.24, 2.45) is 0 Å². The van der Waals surface area contributed by atoms with Gasteiger partial charge in [-0.1, -0.05) is 32.9 Å². The van der Waals surface area contributed by atoms with Crippen molar-refractivity contribution < 1.29 is 18.9 Å². The quantitative estimate of drug-likeness (QED) is 0.137. The van der Waals surface area contributed by atoms with Crippen LogP contribution in [0.5, 0.6) is 23.0 Å². The molecule has 0 aliphatic carbocycles. The van der Waals surface area contributed by atoms with Gasteiger partial charge in [-0.25, -0.2) is 0 Å². The Morgan fingerprint density at radius 2 is 0.957 bits per heavy atom. The number of ether oxygens (including phenoxy) is 4. The van der Waals surface area contributed by atoms with Crippen LogP contribution >= 0.6 is 0 Å². The molecule has 0 saturated heterocycles. The molecule has 5 aromatic carbocycles. The van der Waals surface area contributed by atoms with Crippen molar-refractivity contribution in [2.45, 2.75) is 26.2 Å². The summed E-state index contributed by atoms with van der Waals surface area (Å²) in [5.41, 5.74) is 5.78. The van der Waals surface area contributed by atoms with E-state index in [0.717, 1.165) is 27.8 Å². The summed E-state index contributed by atoms with van der Waals surface area (Å²) < 4.78 is 24.3. The smallest absolute Gasteiger partial charge is 0.197 e. The van der Waals surface area contributed by atoms with Crippen LogP contribution in [0.2, 0.25) is 0 Å². The zero-order valence-corrected chi connectivity index (χ0v) is 27.5. The van der Waals surface area contributed by atoms with Crippen molar-refractivity contribution in [3.05, 3.63) is 111 Å². The Kier molecular flexibility index (Phi) is 7.08. The number of nitrogens with zero attached hydrogens (tertiary/aromatic N) is 1. The van der Waals surface area contributed by atoms with E-state index in [-0.39, 0.29) is 16.3 Å². The minimum atomic E-state index is -0.298. The van der Waals surface area contributed by atoms with Gasteiger partial charge in [0.05, 0.1) is 45.0 Å². The van der Waals surface area contributed by atoms with Gasteiger partial charge in [0.1, 0.15) is 23.0 Å². The van der Waals surface area contributed by atoms with Gasteiger partial charge in [-0.05, 0) is 82.8 Å². The molecular weight excluding hydrogens is 590 g/mol. The highest BCUT2D eigenvalue weighted by molar-refractivity contribution is 6.09. The van der Waals surface area contributed by atoms with Crippen LogP contribution in [0.3, 0.4) is 0 Å². The third-order valence-electron chi connectivity index (χ3n) is 9.09. The van der Waals surface area contributed by atoms with E-state index in [1.54, 1.807) is 28.4 Å². The second-order valence-electron chi connectivity index (χ2n) is 12.8. The number of hydrogen-bond donors (Lipinski definition) is 0. The van der Waals surface area contributed by atoms with Crippen molar-refractivity contribution in [2.75, 3.05) is 28.4 Å².